The molecular formula is C15H18Cl2N2S. The van der Waals surface area contributed by atoms with Gasteiger partial charge in [-0.3, -0.25) is 4.90 Å². The van der Waals surface area contributed by atoms with Crippen LogP contribution >= 0.6 is 35.3 Å². The van der Waals surface area contributed by atoms with Gasteiger partial charge in [-0.2, -0.15) is 11.3 Å². The van der Waals surface area contributed by atoms with Gasteiger partial charge >= 0.3 is 0 Å². The van der Waals surface area contributed by atoms with Crippen LogP contribution in [0.4, 0.5) is 0 Å². The number of nitrogens with zero attached hydrogens (tertiary/aromatic N) is 1. The molecule has 3 rings (SSSR count). The normalized spacial score (nSPS) is 19.6. The van der Waals surface area contributed by atoms with Crippen molar-refractivity contribution in [1.82, 2.24) is 10.2 Å². The fourth-order valence-corrected chi connectivity index (χ4v) is 3.45. The highest BCUT2D eigenvalue weighted by atomic mass is 35.5. The Morgan fingerprint density at radius 1 is 1.35 bits per heavy atom. The van der Waals surface area contributed by atoms with Gasteiger partial charge in [0.15, 0.2) is 0 Å². The fourth-order valence-electron chi connectivity index (χ4n) is 2.60. The summed E-state index contributed by atoms with van der Waals surface area (Å²) in [5, 5.41) is 8.68. The smallest absolute Gasteiger partial charge is 0.0477 e. The summed E-state index contributed by atoms with van der Waals surface area (Å²) >= 11 is 7.88. The van der Waals surface area contributed by atoms with Gasteiger partial charge in [-0.1, -0.05) is 23.7 Å². The van der Waals surface area contributed by atoms with E-state index in [0.29, 0.717) is 6.04 Å². The second-order valence-electron chi connectivity index (χ2n) is 4.88. The van der Waals surface area contributed by atoms with Crippen molar-refractivity contribution in [1.29, 1.82) is 0 Å². The van der Waals surface area contributed by atoms with Gasteiger partial charge < -0.3 is 5.32 Å². The third-order valence-electron chi connectivity index (χ3n) is 3.55. The van der Waals surface area contributed by atoms with Crippen LogP contribution in [0.15, 0.2) is 41.1 Å². The Balaban J connectivity index is 0.00000147. The maximum Gasteiger partial charge on any atom is 0.0477 e. The van der Waals surface area contributed by atoms with Gasteiger partial charge in [0.05, 0.1) is 0 Å². The summed E-state index contributed by atoms with van der Waals surface area (Å²) in [6, 6.07) is 10.8. The van der Waals surface area contributed by atoms with Gasteiger partial charge in [0.25, 0.3) is 0 Å². The van der Waals surface area contributed by atoms with E-state index in [-0.39, 0.29) is 12.4 Å². The Bertz CT molecular complexity index is 530. The maximum absolute atomic E-state index is 6.12. The third-order valence-corrected chi connectivity index (χ3v) is 4.52. The first-order valence-corrected chi connectivity index (χ1v) is 7.86. The summed E-state index contributed by atoms with van der Waals surface area (Å²) in [6.07, 6.45) is 0. The molecule has 0 radical (unpaired) electrons. The van der Waals surface area contributed by atoms with Crippen LogP contribution in [-0.4, -0.2) is 24.5 Å². The summed E-state index contributed by atoms with van der Waals surface area (Å²) in [5.74, 6) is 0. The lowest BCUT2D eigenvalue weighted by Crippen LogP contribution is -2.45. The van der Waals surface area contributed by atoms with Crippen LogP contribution in [0, 0.1) is 0 Å². The lowest BCUT2D eigenvalue weighted by atomic mass is 10.0. The van der Waals surface area contributed by atoms with E-state index < -0.39 is 0 Å². The lowest BCUT2D eigenvalue weighted by molar-refractivity contribution is 0.154. The second-order valence-corrected chi connectivity index (χ2v) is 6.09. The standard InChI is InChI=1S/C15H17ClN2S.ClH/c16-14-3-1-2-13(8-14)15-9-17-5-6-18(15)10-12-4-7-19-11-12;/h1-4,7-8,11,15,17H,5-6,9-10H2;1H. The second kappa shape index (κ2) is 7.43. The van der Waals surface area contributed by atoms with Crippen LogP contribution in [0.25, 0.3) is 0 Å². The molecule has 2 nitrogen and oxygen atoms in total. The van der Waals surface area contributed by atoms with Crippen molar-refractivity contribution in [3.63, 3.8) is 0 Å². The molecule has 0 aliphatic carbocycles. The zero-order chi connectivity index (χ0) is 13.1. The quantitative estimate of drug-likeness (QED) is 0.917. The Hall–Kier alpha value is -0.580. The number of rotatable bonds is 3. The number of hydrogen-bond donors (Lipinski definition) is 1. The van der Waals surface area contributed by atoms with Crippen molar-refractivity contribution < 1.29 is 0 Å². The average Bonchev–Trinajstić information content (AvgIpc) is 2.92. The van der Waals surface area contributed by atoms with Gasteiger partial charge in [-0.15, -0.1) is 12.4 Å². The van der Waals surface area contributed by atoms with Crippen LogP contribution in [0.3, 0.4) is 0 Å². The predicted molar refractivity (Wildman–Crippen MR) is 89.0 cm³/mol. The summed E-state index contributed by atoms with van der Waals surface area (Å²) in [4.78, 5) is 2.53. The van der Waals surface area contributed by atoms with E-state index >= 15 is 0 Å². The van der Waals surface area contributed by atoms with Gasteiger partial charge in [0, 0.05) is 37.2 Å². The van der Waals surface area contributed by atoms with Gasteiger partial charge in [0.1, 0.15) is 0 Å². The van der Waals surface area contributed by atoms with Gasteiger partial charge in [0.2, 0.25) is 0 Å². The first kappa shape index (κ1) is 15.8. The van der Waals surface area contributed by atoms with Crippen molar-refractivity contribution >= 4 is 35.3 Å². The SMILES string of the molecule is Cl.Clc1cccc(C2CNCCN2Cc2ccsc2)c1. The van der Waals surface area contributed by atoms with Crippen molar-refractivity contribution in [3.05, 3.63) is 57.2 Å². The summed E-state index contributed by atoms with van der Waals surface area (Å²) in [6.45, 7) is 4.14. The van der Waals surface area contributed by atoms with Crippen molar-refractivity contribution in [2.45, 2.75) is 12.6 Å². The van der Waals surface area contributed by atoms with Crippen LogP contribution in [0.1, 0.15) is 17.2 Å². The molecule has 1 aromatic carbocycles. The molecule has 1 atom stereocenters. The fraction of sp³-hybridized carbons (Fsp3) is 0.333. The minimum Gasteiger partial charge on any atom is -0.314 e. The van der Waals surface area contributed by atoms with Crippen LogP contribution in [-0.2, 0) is 6.54 Å². The van der Waals surface area contributed by atoms with Crippen molar-refractivity contribution in [2.24, 2.45) is 0 Å². The van der Waals surface area contributed by atoms with E-state index in [4.69, 9.17) is 11.6 Å². The molecule has 1 aliphatic heterocycles. The molecule has 1 fully saturated rings. The van der Waals surface area contributed by atoms with Crippen molar-refractivity contribution in [3.8, 4) is 0 Å². The molecule has 1 saturated heterocycles. The average molecular weight is 329 g/mol. The zero-order valence-electron chi connectivity index (χ0n) is 11.1. The van der Waals surface area contributed by atoms with Crippen LogP contribution in [0.5, 0.6) is 0 Å². The molecule has 1 aromatic heterocycles. The molecule has 0 bridgehead atoms. The molecule has 1 unspecified atom stereocenters. The number of benzene rings is 1. The van der Waals surface area contributed by atoms with Crippen molar-refractivity contribution in [2.75, 3.05) is 19.6 Å². The highest BCUT2D eigenvalue weighted by Crippen LogP contribution is 2.26. The summed E-state index contributed by atoms with van der Waals surface area (Å²) in [5.41, 5.74) is 2.70. The summed E-state index contributed by atoms with van der Waals surface area (Å²) in [7, 11) is 0. The highest BCUT2D eigenvalue weighted by Gasteiger charge is 2.23. The molecule has 1 aliphatic rings. The molecule has 20 heavy (non-hydrogen) atoms. The van der Waals surface area contributed by atoms with E-state index in [9.17, 15) is 0 Å². The van der Waals surface area contributed by atoms with Crippen LogP contribution in [0.2, 0.25) is 5.02 Å². The first-order chi connectivity index (χ1) is 9.33. The number of nitrogens with one attached hydrogen (secondary N) is 1. The molecule has 5 heteroatoms. The van der Waals surface area contributed by atoms with Crippen LogP contribution < -0.4 is 5.32 Å². The molecular weight excluding hydrogens is 311 g/mol. The molecule has 0 spiro atoms. The van der Waals surface area contributed by atoms with E-state index in [0.717, 1.165) is 31.2 Å². The Morgan fingerprint density at radius 2 is 2.25 bits per heavy atom. The minimum absolute atomic E-state index is 0. The van der Waals surface area contributed by atoms with E-state index in [1.807, 2.05) is 12.1 Å². The topological polar surface area (TPSA) is 15.3 Å². The Labute approximate surface area is 135 Å². The number of thiophene rings is 1. The van der Waals surface area contributed by atoms with Gasteiger partial charge in [-0.05, 0) is 40.1 Å². The van der Waals surface area contributed by atoms with E-state index in [2.05, 4.69) is 39.2 Å². The van der Waals surface area contributed by atoms with E-state index in [1.165, 1.54) is 11.1 Å². The molecule has 2 heterocycles. The predicted octanol–water partition coefficient (Wildman–Crippen LogP) is 3.97. The van der Waals surface area contributed by atoms with E-state index in [1.54, 1.807) is 11.3 Å². The number of hydrogen-bond acceptors (Lipinski definition) is 3. The minimum atomic E-state index is 0. The summed E-state index contributed by atoms with van der Waals surface area (Å²) < 4.78 is 0. The molecule has 1 N–H and O–H groups in total. The Kier molecular flexibility index (Phi) is 5.87. The molecule has 108 valence electrons. The lowest BCUT2D eigenvalue weighted by Gasteiger charge is -2.36. The third kappa shape index (κ3) is 3.74. The first-order valence-electron chi connectivity index (χ1n) is 6.54. The number of piperazine rings is 1. The molecule has 0 amide bonds. The zero-order valence-corrected chi connectivity index (χ0v) is 13.5. The number of halogens is 2. The largest absolute Gasteiger partial charge is 0.314 e. The highest BCUT2D eigenvalue weighted by molar-refractivity contribution is 7.07. The molecule has 2 aromatic rings. The monoisotopic (exact) mass is 328 g/mol. The maximum atomic E-state index is 6.12. The van der Waals surface area contributed by atoms with Gasteiger partial charge in [-0.25, -0.2) is 0 Å². The molecule has 0 saturated carbocycles. The Morgan fingerprint density at radius 3 is 3.00 bits per heavy atom.